The van der Waals surface area contributed by atoms with Gasteiger partial charge in [0, 0.05) is 39.8 Å². The lowest BCUT2D eigenvalue weighted by Crippen LogP contribution is -2.65. The maximum atomic E-state index is 12.6. The number of hydrogen-bond acceptors (Lipinski definition) is 3. The fourth-order valence-corrected chi connectivity index (χ4v) is 3.78. The fourth-order valence-electron chi connectivity index (χ4n) is 3.41. The highest BCUT2D eigenvalue weighted by molar-refractivity contribution is 6.34. The van der Waals surface area contributed by atoms with Crippen molar-refractivity contribution in [3.8, 4) is 0 Å². The molecule has 0 bridgehead atoms. The van der Waals surface area contributed by atoms with E-state index >= 15 is 0 Å². The number of halogens is 1. The largest absolute Gasteiger partial charge is 0.343 e. The van der Waals surface area contributed by atoms with Gasteiger partial charge in [-0.25, -0.2) is 4.79 Å². The Morgan fingerprint density at radius 1 is 1.21 bits per heavy atom. The Morgan fingerprint density at radius 2 is 1.92 bits per heavy atom. The summed E-state index contributed by atoms with van der Waals surface area (Å²) in [5.41, 5.74) is 2.63. The SMILES string of the molecule is Cc1cc(C)c(NC(=O)N2CCN3CCN(C)C(=O)[C@H]3C2)c(Cl)c1. The van der Waals surface area contributed by atoms with Gasteiger partial charge in [0.25, 0.3) is 0 Å². The number of rotatable bonds is 1. The summed E-state index contributed by atoms with van der Waals surface area (Å²) in [5, 5.41) is 3.44. The number of nitrogens with zero attached hydrogens (tertiary/aromatic N) is 3. The zero-order chi connectivity index (χ0) is 17.4. The van der Waals surface area contributed by atoms with Crippen molar-refractivity contribution in [2.75, 3.05) is 45.1 Å². The van der Waals surface area contributed by atoms with Crippen molar-refractivity contribution < 1.29 is 9.59 Å². The summed E-state index contributed by atoms with van der Waals surface area (Å²) >= 11 is 6.27. The minimum atomic E-state index is -0.238. The number of carbonyl (C=O) groups is 2. The van der Waals surface area contributed by atoms with E-state index in [1.807, 2.05) is 33.0 Å². The first-order chi connectivity index (χ1) is 11.4. The lowest BCUT2D eigenvalue weighted by molar-refractivity contribution is -0.142. The highest BCUT2D eigenvalue weighted by Gasteiger charge is 2.38. The molecule has 130 valence electrons. The molecule has 1 N–H and O–H groups in total. The monoisotopic (exact) mass is 350 g/mol. The number of urea groups is 1. The number of likely N-dealkylation sites (N-methyl/N-ethyl adjacent to an activating group) is 1. The van der Waals surface area contributed by atoms with Crippen LogP contribution in [0.5, 0.6) is 0 Å². The van der Waals surface area contributed by atoms with E-state index < -0.39 is 0 Å². The Bertz CT molecular complexity index is 656. The molecule has 2 fully saturated rings. The predicted molar refractivity (Wildman–Crippen MR) is 94.5 cm³/mol. The van der Waals surface area contributed by atoms with E-state index in [1.54, 1.807) is 9.80 Å². The molecular weight excluding hydrogens is 328 g/mol. The normalized spacial score (nSPS) is 21.7. The Morgan fingerprint density at radius 3 is 2.62 bits per heavy atom. The number of carbonyl (C=O) groups excluding carboxylic acids is 2. The van der Waals surface area contributed by atoms with E-state index in [2.05, 4.69) is 10.2 Å². The number of piperazine rings is 2. The molecule has 2 saturated heterocycles. The topological polar surface area (TPSA) is 55.9 Å². The van der Waals surface area contributed by atoms with Gasteiger partial charge in [-0.3, -0.25) is 9.69 Å². The maximum Gasteiger partial charge on any atom is 0.322 e. The van der Waals surface area contributed by atoms with Gasteiger partial charge in [-0.15, -0.1) is 0 Å². The van der Waals surface area contributed by atoms with Gasteiger partial charge in [-0.2, -0.15) is 0 Å². The van der Waals surface area contributed by atoms with Crippen LogP contribution in [0.4, 0.5) is 10.5 Å². The highest BCUT2D eigenvalue weighted by Crippen LogP contribution is 2.28. The van der Waals surface area contributed by atoms with Gasteiger partial charge in [0.15, 0.2) is 0 Å². The van der Waals surface area contributed by atoms with Crippen LogP contribution in [-0.2, 0) is 4.79 Å². The average molecular weight is 351 g/mol. The molecule has 1 atom stereocenters. The lowest BCUT2D eigenvalue weighted by Gasteiger charge is -2.45. The van der Waals surface area contributed by atoms with Crippen molar-refractivity contribution in [2.45, 2.75) is 19.9 Å². The van der Waals surface area contributed by atoms with Gasteiger partial charge in [0.05, 0.1) is 10.7 Å². The third-order valence-electron chi connectivity index (χ3n) is 4.83. The summed E-state index contributed by atoms with van der Waals surface area (Å²) in [7, 11) is 1.81. The Hall–Kier alpha value is -1.79. The van der Waals surface area contributed by atoms with E-state index in [0.717, 1.165) is 30.8 Å². The molecule has 24 heavy (non-hydrogen) atoms. The number of anilines is 1. The number of nitrogens with one attached hydrogen (secondary N) is 1. The quantitative estimate of drug-likeness (QED) is 0.842. The van der Waals surface area contributed by atoms with E-state index in [0.29, 0.717) is 23.8 Å². The summed E-state index contributed by atoms with van der Waals surface area (Å²) in [4.78, 5) is 30.6. The maximum absolute atomic E-state index is 12.6. The molecule has 1 aromatic rings. The molecule has 2 aliphatic heterocycles. The second-order valence-corrected chi connectivity index (χ2v) is 7.03. The molecule has 1 aromatic carbocycles. The first-order valence-corrected chi connectivity index (χ1v) is 8.56. The van der Waals surface area contributed by atoms with E-state index in [1.165, 1.54) is 0 Å². The molecular formula is C17H23ClN4O2. The zero-order valence-electron chi connectivity index (χ0n) is 14.3. The van der Waals surface area contributed by atoms with Crippen molar-refractivity contribution in [3.05, 3.63) is 28.3 Å². The van der Waals surface area contributed by atoms with Crippen LogP contribution in [0, 0.1) is 13.8 Å². The van der Waals surface area contributed by atoms with Gasteiger partial charge < -0.3 is 15.1 Å². The van der Waals surface area contributed by atoms with Crippen molar-refractivity contribution in [1.82, 2.24) is 14.7 Å². The third-order valence-corrected chi connectivity index (χ3v) is 5.12. The molecule has 0 aromatic heterocycles. The summed E-state index contributed by atoms with van der Waals surface area (Å²) < 4.78 is 0. The van der Waals surface area contributed by atoms with Crippen molar-refractivity contribution >= 4 is 29.2 Å². The molecule has 3 amide bonds. The summed E-state index contributed by atoms with van der Waals surface area (Å²) in [5.74, 6) is 0.0864. The Kier molecular flexibility index (Phi) is 4.69. The van der Waals surface area contributed by atoms with E-state index in [-0.39, 0.29) is 18.0 Å². The van der Waals surface area contributed by atoms with Crippen LogP contribution < -0.4 is 5.32 Å². The van der Waals surface area contributed by atoms with E-state index in [4.69, 9.17) is 11.6 Å². The van der Waals surface area contributed by atoms with Gasteiger partial charge >= 0.3 is 6.03 Å². The second-order valence-electron chi connectivity index (χ2n) is 6.63. The molecule has 0 spiro atoms. The molecule has 3 rings (SSSR count). The van der Waals surface area contributed by atoms with Crippen molar-refractivity contribution in [1.29, 1.82) is 0 Å². The molecule has 0 aliphatic carbocycles. The summed E-state index contributed by atoms with van der Waals surface area (Å²) in [6, 6.07) is 3.38. The molecule has 0 unspecified atom stereocenters. The zero-order valence-corrected chi connectivity index (χ0v) is 15.1. The summed E-state index contributed by atoms with van der Waals surface area (Å²) in [6.07, 6.45) is 0. The standard InChI is InChI=1S/C17H23ClN4O2/c1-11-8-12(2)15(13(18)9-11)19-17(24)22-7-6-21-5-4-20(3)16(23)14(21)10-22/h8-9,14H,4-7,10H2,1-3H3,(H,19,24)/t14-/m1/s1. The van der Waals surface area contributed by atoms with Crippen LogP contribution in [0.25, 0.3) is 0 Å². The van der Waals surface area contributed by atoms with Crippen LogP contribution in [0.1, 0.15) is 11.1 Å². The minimum Gasteiger partial charge on any atom is -0.343 e. The molecule has 2 heterocycles. The van der Waals surface area contributed by atoms with Crippen LogP contribution in [-0.4, -0.2) is 72.5 Å². The smallest absolute Gasteiger partial charge is 0.322 e. The van der Waals surface area contributed by atoms with Gasteiger partial charge in [0.2, 0.25) is 5.91 Å². The number of aryl methyl sites for hydroxylation is 2. The molecule has 0 saturated carbocycles. The number of benzene rings is 1. The van der Waals surface area contributed by atoms with Gasteiger partial charge in [0.1, 0.15) is 6.04 Å². The van der Waals surface area contributed by atoms with Crippen LogP contribution in [0.15, 0.2) is 12.1 Å². The number of fused-ring (bicyclic) bond motifs is 1. The molecule has 7 heteroatoms. The molecule has 6 nitrogen and oxygen atoms in total. The number of hydrogen-bond donors (Lipinski definition) is 1. The minimum absolute atomic E-state index is 0.0864. The van der Waals surface area contributed by atoms with Crippen LogP contribution >= 0.6 is 11.6 Å². The lowest BCUT2D eigenvalue weighted by atomic mass is 10.1. The number of amides is 3. The third kappa shape index (κ3) is 3.21. The van der Waals surface area contributed by atoms with E-state index in [9.17, 15) is 9.59 Å². The molecule has 0 radical (unpaired) electrons. The Labute approximate surface area is 147 Å². The summed E-state index contributed by atoms with van der Waals surface area (Å²) in [6.45, 7) is 7.25. The highest BCUT2D eigenvalue weighted by atomic mass is 35.5. The first kappa shape index (κ1) is 17.0. The van der Waals surface area contributed by atoms with Gasteiger partial charge in [-0.1, -0.05) is 17.7 Å². The first-order valence-electron chi connectivity index (χ1n) is 8.18. The average Bonchev–Trinajstić information content (AvgIpc) is 2.54. The van der Waals surface area contributed by atoms with Crippen LogP contribution in [0.3, 0.4) is 0 Å². The second kappa shape index (κ2) is 6.61. The van der Waals surface area contributed by atoms with Gasteiger partial charge in [-0.05, 0) is 31.0 Å². The fraction of sp³-hybridized carbons (Fsp3) is 0.529. The van der Waals surface area contributed by atoms with Crippen LogP contribution in [0.2, 0.25) is 5.02 Å². The van der Waals surface area contributed by atoms with Crippen molar-refractivity contribution in [3.63, 3.8) is 0 Å². The Balaban J connectivity index is 1.71. The molecule has 2 aliphatic rings. The van der Waals surface area contributed by atoms with Crippen molar-refractivity contribution in [2.24, 2.45) is 0 Å². The predicted octanol–water partition coefficient (Wildman–Crippen LogP) is 1.95.